The Morgan fingerprint density at radius 2 is 1.82 bits per heavy atom. The van der Waals surface area contributed by atoms with Gasteiger partial charge in [-0.05, 0) is 66.7 Å². The maximum atomic E-state index is 13.2. The molecule has 1 aliphatic carbocycles. The van der Waals surface area contributed by atoms with E-state index >= 15 is 0 Å². The molecule has 1 aromatic heterocycles. The van der Waals surface area contributed by atoms with Crippen molar-refractivity contribution >= 4 is 34.4 Å². The topological polar surface area (TPSA) is 88.5 Å². The zero-order valence-corrected chi connectivity index (χ0v) is 18.9. The molecule has 1 amide bonds. The molecular formula is C27H28N2O4. The minimum absolute atomic E-state index is 0.0785. The van der Waals surface area contributed by atoms with Gasteiger partial charge < -0.3 is 15.2 Å². The van der Waals surface area contributed by atoms with Gasteiger partial charge in [0.15, 0.2) is 6.61 Å². The molecule has 0 atom stereocenters. The van der Waals surface area contributed by atoms with E-state index in [1.165, 1.54) is 0 Å². The van der Waals surface area contributed by atoms with E-state index in [1.807, 2.05) is 56.3 Å². The number of pyridine rings is 1. The zero-order valence-electron chi connectivity index (χ0n) is 18.9. The number of nitrogens with zero attached hydrogens (tertiary/aromatic N) is 1. The number of carbonyl (C=O) groups excluding carboxylic acids is 2. The molecular weight excluding hydrogens is 416 g/mol. The summed E-state index contributed by atoms with van der Waals surface area (Å²) in [6.45, 7) is 3.71. The highest BCUT2D eigenvalue weighted by molar-refractivity contribution is 6.07. The van der Waals surface area contributed by atoms with Gasteiger partial charge in [0.05, 0.1) is 16.8 Å². The number of para-hydroxylation sites is 1. The van der Waals surface area contributed by atoms with Gasteiger partial charge in [0.1, 0.15) is 5.75 Å². The van der Waals surface area contributed by atoms with E-state index in [9.17, 15) is 14.7 Å². The highest BCUT2D eigenvalue weighted by Gasteiger charge is 2.28. The molecule has 0 saturated heterocycles. The lowest BCUT2D eigenvalue weighted by Crippen LogP contribution is -2.37. The molecule has 4 rings (SSSR count). The third kappa shape index (κ3) is 4.90. The molecule has 2 N–H and O–H groups in total. The van der Waals surface area contributed by atoms with Crippen LogP contribution in [-0.2, 0) is 16.0 Å². The molecule has 33 heavy (non-hydrogen) atoms. The van der Waals surface area contributed by atoms with Crippen molar-refractivity contribution in [1.82, 2.24) is 10.3 Å². The van der Waals surface area contributed by atoms with Crippen LogP contribution in [0.5, 0.6) is 5.75 Å². The number of phenols is 1. The number of fused-ring (bicyclic) bond motifs is 2. The molecule has 6 heteroatoms. The summed E-state index contributed by atoms with van der Waals surface area (Å²) in [5.74, 6) is -0.582. The second-order valence-corrected chi connectivity index (χ2v) is 8.25. The Kier molecular flexibility index (Phi) is 6.73. The van der Waals surface area contributed by atoms with E-state index in [0.717, 1.165) is 47.0 Å². The quantitative estimate of drug-likeness (QED) is 0.507. The molecule has 0 unspecified atom stereocenters. The summed E-state index contributed by atoms with van der Waals surface area (Å²) in [5, 5.41) is 13.2. The number of hydrogen-bond donors (Lipinski definition) is 2. The molecule has 0 radical (unpaired) electrons. The number of phenolic OH excluding ortho intramolecular Hbond substituents is 1. The summed E-state index contributed by atoms with van der Waals surface area (Å²) < 4.78 is 5.45. The number of hydrogen-bond acceptors (Lipinski definition) is 5. The van der Waals surface area contributed by atoms with Crippen LogP contribution in [-0.4, -0.2) is 34.6 Å². The predicted molar refractivity (Wildman–Crippen MR) is 129 cm³/mol. The van der Waals surface area contributed by atoms with Crippen LogP contribution in [0.3, 0.4) is 0 Å². The van der Waals surface area contributed by atoms with Crippen molar-refractivity contribution in [3.05, 3.63) is 70.9 Å². The summed E-state index contributed by atoms with van der Waals surface area (Å²) in [6, 6.07) is 14.6. The Morgan fingerprint density at radius 1 is 1.09 bits per heavy atom. The lowest BCUT2D eigenvalue weighted by molar-refractivity contribution is -0.125. The number of ether oxygens (including phenoxy) is 1. The second-order valence-electron chi connectivity index (χ2n) is 8.25. The smallest absolute Gasteiger partial charge is 0.339 e. The van der Waals surface area contributed by atoms with Crippen LogP contribution in [0.25, 0.3) is 22.6 Å². The van der Waals surface area contributed by atoms with Crippen LogP contribution in [0.4, 0.5) is 0 Å². The average molecular weight is 445 g/mol. The Balaban J connectivity index is 1.65. The third-order valence-electron chi connectivity index (χ3n) is 6.06. The minimum Gasteiger partial charge on any atom is -0.508 e. The summed E-state index contributed by atoms with van der Waals surface area (Å²) in [6.07, 6.45) is 5.10. The fraction of sp³-hybridized carbons (Fsp3) is 0.296. The van der Waals surface area contributed by atoms with Gasteiger partial charge in [0.2, 0.25) is 0 Å². The predicted octanol–water partition coefficient (Wildman–Crippen LogP) is 4.89. The first-order valence-electron chi connectivity index (χ1n) is 11.4. The molecule has 1 heterocycles. The highest BCUT2D eigenvalue weighted by Crippen LogP contribution is 2.37. The Morgan fingerprint density at radius 3 is 2.55 bits per heavy atom. The van der Waals surface area contributed by atoms with E-state index in [0.29, 0.717) is 17.5 Å². The normalized spacial score (nSPS) is 14.0. The molecule has 0 fully saturated rings. The Labute approximate surface area is 193 Å². The number of nitrogens with one attached hydrogen (secondary N) is 1. The number of benzene rings is 2. The van der Waals surface area contributed by atoms with Crippen molar-refractivity contribution in [1.29, 1.82) is 0 Å². The van der Waals surface area contributed by atoms with E-state index in [2.05, 4.69) is 5.32 Å². The van der Waals surface area contributed by atoms with Crippen LogP contribution in [0, 0.1) is 0 Å². The van der Waals surface area contributed by atoms with Crippen LogP contribution in [0.2, 0.25) is 0 Å². The minimum atomic E-state index is -0.504. The number of allylic oxidation sites excluding steroid dienone is 1. The van der Waals surface area contributed by atoms with E-state index < -0.39 is 5.97 Å². The zero-order chi connectivity index (χ0) is 23.4. The average Bonchev–Trinajstić information content (AvgIpc) is 3.22. The number of rotatable bonds is 7. The van der Waals surface area contributed by atoms with E-state index in [1.54, 1.807) is 12.1 Å². The van der Waals surface area contributed by atoms with Crippen LogP contribution in [0.1, 0.15) is 60.3 Å². The first kappa shape index (κ1) is 22.5. The van der Waals surface area contributed by atoms with Gasteiger partial charge in [0.25, 0.3) is 5.91 Å². The van der Waals surface area contributed by atoms with Gasteiger partial charge >= 0.3 is 5.97 Å². The van der Waals surface area contributed by atoms with Gasteiger partial charge in [-0.1, -0.05) is 44.2 Å². The summed E-state index contributed by atoms with van der Waals surface area (Å²) >= 11 is 0. The summed E-state index contributed by atoms with van der Waals surface area (Å²) in [7, 11) is 0. The van der Waals surface area contributed by atoms with Crippen molar-refractivity contribution in [2.75, 3.05) is 6.61 Å². The Bertz CT molecular complexity index is 1210. The molecule has 0 spiro atoms. The maximum absolute atomic E-state index is 13.2. The molecule has 170 valence electrons. The van der Waals surface area contributed by atoms with Gasteiger partial charge in [-0.2, -0.15) is 0 Å². The number of aromatic nitrogens is 1. The van der Waals surface area contributed by atoms with Crippen molar-refractivity contribution in [3.63, 3.8) is 0 Å². The van der Waals surface area contributed by atoms with Crippen LogP contribution < -0.4 is 5.32 Å². The number of esters is 1. The lowest BCUT2D eigenvalue weighted by atomic mass is 10.0. The number of aromatic hydroxyl groups is 1. The highest BCUT2D eigenvalue weighted by atomic mass is 16.5. The molecule has 0 bridgehead atoms. The van der Waals surface area contributed by atoms with Gasteiger partial charge in [-0.25, -0.2) is 9.78 Å². The molecule has 2 aromatic carbocycles. The van der Waals surface area contributed by atoms with Crippen molar-refractivity contribution < 1.29 is 19.4 Å². The van der Waals surface area contributed by atoms with Crippen LogP contribution in [0.15, 0.2) is 48.5 Å². The first-order chi connectivity index (χ1) is 16.0. The third-order valence-corrected chi connectivity index (χ3v) is 6.06. The SMILES string of the molecule is CCC(CC)NC(=O)COC(=O)c1c2c(nc3ccccc13)/C(=C/c1ccc(O)cc1)CC2. The lowest BCUT2D eigenvalue weighted by Gasteiger charge is -2.15. The monoisotopic (exact) mass is 444 g/mol. The molecule has 3 aromatic rings. The molecule has 0 aliphatic heterocycles. The molecule has 6 nitrogen and oxygen atoms in total. The largest absolute Gasteiger partial charge is 0.508 e. The van der Waals surface area contributed by atoms with Gasteiger partial charge in [-0.15, -0.1) is 0 Å². The van der Waals surface area contributed by atoms with Crippen molar-refractivity contribution in [2.45, 2.75) is 45.6 Å². The second kappa shape index (κ2) is 9.86. The van der Waals surface area contributed by atoms with E-state index in [-0.39, 0.29) is 24.3 Å². The molecule has 0 saturated carbocycles. The van der Waals surface area contributed by atoms with Crippen molar-refractivity contribution in [3.8, 4) is 5.75 Å². The van der Waals surface area contributed by atoms with E-state index in [4.69, 9.17) is 9.72 Å². The number of amides is 1. The Hall–Kier alpha value is -3.67. The standard InChI is InChI=1S/C27H28N2O4/c1-3-19(4-2)28-24(31)16-33-27(32)25-21-7-5-6-8-23(21)29-26-18(11-14-22(25)26)15-17-9-12-20(30)13-10-17/h5-10,12-13,15,19,30H,3-4,11,14,16H2,1-2H3,(H,28,31)/b18-15+. The van der Waals surface area contributed by atoms with Gasteiger partial charge in [-0.3, -0.25) is 4.79 Å². The molecule has 1 aliphatic rings. The fourth-order valence-corrected chi connectivity index (χ4v) is 4.25. The first-order valence-corrected chi connectivity index (χ1v) is 11.4. The van der Waals surface area contributed by atoms with Crippen molar-refractivity contribution in [2.24, 2.45) is 0 Å². The number of carbonyl (C=O) groups is 2. The van der Waals surface area contributed by atoms with Gasteiger partial charge in [0, 0.05) is 11.4 Å². The maximum Gasteiger partial charge on any atom is 0.339 e. The summed E-state index contributed by atoms with van der Waals surface area (Å²) in [5.41, 5.74) is 4.82. The summed E-state index contributed by atoms with van der Waals surface area (Å²) in [4.78, 5) is 30.3. The van der Waals surface area contributed by atoms with Crippen LogP contribution >= 0.6 is 0 Å². The fourth-order valence-electron chi connectivity index (χ4n) is 4.25.